The molecule has 0 aromatic heterocycles. The smallest absolute Gasteiger partial charge is 0.187 e. The molecule has 0 spiro atoms. The van der Waals surface area contributed by atoms with Crippen LogP contribution in [0.3, 0.4) is 0 Å². The maximum Gasteiger partial charge on any atom is 0.187 e. The molecule has 14 atom stereocenters. The predicted molar refractivity (Wildman–Crippen MR) is 108 cm³/mol. The van der Waals surface area contributed by atoms with Crippen LogP contribution in [0.4, 0.5) is 0 Å². The van der Waals surface area contributed by atoms with Crippen molar-refractivity contribution in [3.05, 3.63) is 11.6 Å². The highest BCUT2D eigenvalue weighted by Crippen LogP contribution is 2.34. The Morgan fingerprint density at radius 1 is 0.743 bits per heavy atom. The van der Waals surface area contributed by atoms with E-state index in [1.54, 1.807) is 6.07 Å². The highest BCUT2D eigenvalue weighted by molar-refractivity contribution is 5.26. The van der Waals surface area contributed by atoms with Crippen molar-refractivity contribution in [2.75, 3.05) is 13.2 Å². The lowest BCUT2D eigenvalue weighted by Crippen LogP contribution is -2.62. The van der Waals surface area contributed by atoms with Gasteiger partial charge in [-0.25, -0.2) is 0 Å². The zero-order valence-corrected chi connectivity index (χ0v) is 18.3. The Hall–Kier alpha value is -1.33. The molecule has 3 aliphatic rings. The predicted octanol–water partition coefficient (Wildman–Crippen LogP) is -6.07. The largest absolute Gasteiger partial charge is 0.394 e. The van der Waals surface area contributed by atoms with Crippen molar-refractivity contribution in [1.29, 1.82) is 5.26 Å². The number of aliphatic hydroxyl groups excluding tert-OH is 10. The van der Waals surface area contributed by atoms with Crippen LogP contribution < -0.4 is 0 Å². The second-order valence-electron chi connectivity index (χ2n) is 8.64. The van der Waals surface area contributed by atoms with Crippen LogP contribution in [0.25, 0.3) is 0 Å². The first-order valence-corrected chi connectivity index (χ1v) is 10.9. The maximum atomic E-state index is 10.6. The minimum absolute atomic E-state index is 0.134. The summed E-state index contributed by atoms with van der Waals surface area (Å²) in [5.74, 6) is 0. The van der Waals surface area contributed by atoms with Crippen LogP contribution in [0.5, 0.6) is 0 Å². The number of nitrogens with zero attached hydrogens (tertiary/aromatic N) is 1. The Morgan fingerprint density at radius 2 is 1.23 bits per heavy atom. The molecule has 35 heavy (non-hydrogen) atoms. The molecule has 0 unspecified atom stereocenters. The van der Waals surface area contributed by atoms with Crippen molar-refractivity contribution >= 4 is 0 Å². The summed E-state index contributed by atoms with van der Waals surface area (Å²) in [6.45, 7) is -1.45. The molecule has 3 rings (SSSR count). The Balaban J connectivity index is 1.80. The van der Waals surface area contributed by atoms with E-state index in [-0.39, 0.29) is 12.0 Å². The fourth-order valence-electron chi connectivity index (χ4n) is 4.29. The Morgan fingerprint density at radius 3 is 1.69 bits per heavy atom. The summed E-state index contributed by atoms with van der Waals surface area (Å²) in [5, 5.41) is 109. The number of nitriles is 1. The number of aliphatic hydroxyl groups is 10. The monoisotopic (exact) mass is 509 g/mol. The molecule has 0 bridgehead atoms. The Labute approximate surface area is 199 Å². The van der Waals surface area contributed by atoms with E-state index >= 15 is 0 Å². The number of ether oxygens (including phenoxy) is 4. The van der Waals surface area contributed by atoms with E-state index in [2.05, 4.69) is 0 Å². The van der Waals surface area contributed by atoms with Gasteiger partial charge < -0.3 is 70.0 Å². The first-order chi connectivity index (χ1) is 16.5. The third-order valence-electron chi connectivity index (χ3n) is 6.40. The molecular formula is C20H31NO14. The van der Waals surface area contributed by atoms with Gasteiger partial charge in [0.1, 0.15) is 61.0 Å². The summed E-state index contributed by atoms with van der Waals surface area (Å²) in [5.41, 5.74) is -0.134. The van der Waals surface area contributed by atoms with Crippen molar-refractivity contribution in [2.45, 2.75) is 92.2 Å². The summed E-state index contributed by atoms with van der Waals surface area (Å²) < 4.78 is 21.8. The van der Waals surface area contributed by atoms with Gasteiger partial charge in [-0.3, -0.25) is 0 Å². The molecule has 200 valence electrons. The van der Waals surface area contributed by atoms with Gasteiger partial charge >= 0.3 is 0 Å². The molecule has 0 amide bonds. The summed E-state index contributed by atoms with van der Waals surface area (Å²) in [7, 11) is 0. The van der Waals surface area contributed by atoms with Crippen LogP contribution >= 0.6 is 0 Å². The highest BCUT2D eigenvalue weighted by Gasteiger charge is 2.50. The first kappa shape index (κ1) is 28.2. The van der Waals surface area contributed by atoms with Gasteiger partial charge in [-0.2, -0.15) is 5.26 Å². The molecule has 2 aliphatic heterocycles. The SMILES string of the molecule is N#C/C=C1\[C@H](O[C@@H]2O[C@H](CO)[C@@H](O)[C@H](O)[C@H]2O)C[C@H](O[C@H]2O[C@H](CO)[C@@H](O)[C@H](O)[C@H]2O)[C@H](O)[C@H]1O. The van der Waals surface area contributed by atoms with Crippen LogP contribution in [0.15, 0.2) is 11.6 Å². The topological polar surface area (TPSA) is 263 Å². The van der Waals surface area contributed by atoms with Gasteiger partial charge in [-0.15, -0.1) is 0 Å². The second-order valence-corrected chi connectivity index (χ2v) is 8.64. The van der Waals surface area contributed by atoms with E-state index in [1.807, 2.05) is 0 Å². The highest BCUT2D eigenvalue weighted by atomic mass is 16.7. The molecule has 10 N–H and O–H groups in total. The van der Waals surface area contributed by atoms with Gasteiger partial charge in [0.25, 0.3) is 0 Å². The summed E-state index contributed by atoms with van der Waals surface area (Å²) >= 11 is 0. The minimum Gasteiger partial charge on any atom is -0.394 e. The molecule has 0 aromatic carbocycles. The van der Waals surface area contributed by atoms with Crippen molar-refractivity contribution in [3.8, 4) is 6.07 Å². The average Bonchev–Trinajstić information content (AvgIpc) is 2.84. The van der Waals surface area contributed by atoms with Crippen molar-refractivity contribution in [2.24, 2.45) is 0 Å². The van der Waals surface area contributed by atoms with Gasteiger partial charge in [0.15, 0.2) is 12.6 Å². The van der Waals surface area contributed by atoms with E-state index in [0.29, 0.717) is 0 Å². The van der Waals surface area contributed by atoms with Gasteiger partial charge in [0.05, 0.1) is 31.5 Å². The molecule has 3 fully saturated rings. The van der Waals surface area contributed by atoms with Crippen LogP contribution in [0.1, 0.15) is 6.42 Å². The zero-order chi connectivity index (χ0) is 26.0. The summed E-state index contributed by atoms with van der Waals surface area (Å²) in [6, 6.07) is 1.69. The Kier molecular flexibility index (Phi) is 9.53. The van der Waals surface area contributed by atoms with E-state index in [4.69, 9.17) is 24.2 Å². The lowest BCUT2D eigenvalue weighted by Gasteiger charge is -2.46. The first-order valence-electron chi connectivity index (χ1n) is 10.9. The molecule has 15 nitrogen and oxygen atoms in total. The molecular weight excluding hydrogens is 478 g/mol. The fraction of sp³-hybridized carbons (Fsp3) is 0.850. The fourth-order valence-corrected chi connectivity index (χ4v) is 4.29. The van der Waals surface area contributed by atoms with Gasteiger partial charge in [-0.1, -0.05) is 0 Å². The summed E-state index contributed by atoms with van der Waals surface area (Å²) in [6.07, 6.45) is -21.7. The molecule has 1 saturated carbocycles. The van der Waals surface area contributed by atoms with Crippen molar-refractivity contribution in [3.63, 3.8) is 0 Å². The molecule has 0 aromatic rings. The normalized spacial score (nSPS) is 50.1. The molecule has 2 heterocycles. The van der Waals surface area contributed by atoms with Crippen molar-refractivity contribution < 1.29 is 70.0 Å². The van der Waals surface area contributed by atoms with E-state index < -0.39 is 99.0 Å². The number of hydrogen-bond donors (Lipinski definition) is 10. The molecule has 0 radical (unpaired) electrons. The maximum absolute atomic E-state index is 10.6. The lowest BCUT2D eigenvalue weighted by molar-refractivity contribution is -0.331. The zero-order valence-electron chi connectivity index (χ0n) is 18.3. The molecule has 2 saturated heterocycles. The number of hydrogen-bond acceptors (Lipinski definition) is 15. The second kappa shape index (κ2) is 11.8. The average molecular weight is 509 g/mol. The molecule has 1 aliphatic carbocycles. The lowest BCUT2D eigenvalue weighted by atomic mass is 9.84. The molecule has 15 heteroatoms. The van der Waals surface area contributed by atoms with Crippen LogP contribution in [-0.4, -0.2) is 150 Å². The number of rotatable bonds is 6. The quantitative estimate of drug-likeness (QED) is 0.149. The van der Waals surface area contributed by atoms with Crippen LogP contribution in [-0.2, 0) is 18.9 Å². The third kappa shape index (κ3) is 5.66. The minimum atomic E-state index is -1.79. The van der Waals surface area contributed by atoms with Gasteiger partial charge in [-0.05, 0) is 0 Å². The van der Waals surface area contributed by atoms with Crippen LogP contribution in [0.2, 0.25) is 0 Å². The Bertz CT molecular complexity index is 773. The van der Waals surface area contributed by atoms with Gasteiger partial charge in [0.2, 0.25) is 0 Å². The van der Waals surface area contributed by atoms with E-state index in [1.165, 1.54) is 0 Å². The van der Waals surface area contributed by atoms with Crippen molar-refractivity contribution in [1.82, 2.24) is 0 Å². The van der Waals surface area contributed by atoms with E-state index in [0.717, 1.165) is 6.08 Å². The standard InChI is InChI=1S/C20H31NO14/c21-2-1-6-7(32-19-17(30)15(28)13(26)9(4-22)34-19)3-8(12(25)11(6)24)33-20-18(31)16(29)14(27)10(5-23)35-20/h1,7-20,22-31H,3-5H2/b6-1+/t7-,8+,9-,10-,11+,12+,13-,14-,15+,16+,17-,18-,19-,20+/m1/s1. The van der Waals surface area contributed by atoms with Gasteiger partial charge in [0, 0.05) is 18.1 Å². The summed E-state index contributed by atoms with van der Waals surface area (Å²) in [4.78, 5) is 0. The van der Waals surface area contributed by atoms with Crippen LogP contribution in [0, 0.1) is 11.3 Å². The van der Waals surface area contributed by atoms with E-state index in [9.17, 15) is 51.1 Å². The number of allylic oxidation sites excluding steroid dienone is 1. The third-order valence-corrected chi connectivity index (χ3v) is 6.40.